The second-order valence-electron chi connectivity index (χ2n) is 5.72. The Bertz CT molecular complexity index is 648. The molecular formula is C18H22N2O3. The summed E-state index contributed by atoms with van der Waals surface area (Å²) in [6.07, 6.45) is 5.15. The molecular weight excluding hydrogens is 292 g/mol. The summed E-state index contributed by atoms with van der Waals surface area (Å²) in [6, 6.07) is 9.82. The van der Waals surface area contributed by atoms with E-state index in [0.717, 1.165) is 42.5 Å². The highest BCUT2D eigenvalue weighted by atomic mass is 16.5. The van der Waals surface area contributed by atoms with E-state index < -0.39 is 0 Å². The summed E-state index contributed by atoms with van der Waals surface area (Å²) in [5.41, 5.74) is 0.873. The maximum absolute atomic E-state index is 11.8. The summed E-state index contributed by atoms with van der Waals surface area (Å²) in [6.45, 7) is 1.95. The van der Waals surface area contributed by atoms with Crippen molar-refractivity contribution in [1.29, 1.82) is 0 Å². The van der Waals surface area contributed by atoms with E-state index in [9.17, 15) is 4.79 Å². The number of fused-ring (bicyclic) bond motifs is 1. The molecule has 1 amide bonds. The summed E-state index contributed by atoms with van der Waals surface area (Å²) in [4.78, 5) is 16.1. The molecule has 23 heavy (non-hydrogen) atoms. The minimum absolute atomic E-state index is 0.0590. The Morgan fingerprint density at radius 3 is 3.13 bits per heavy atom. The van der Waals surface area contributed by atoms with Gasteiger partial charge in [0.2, 0.25) is 5.91 Å². The Morgan fingerprint density at radius 2 is 2.26 bits per heavy atom. The third-order valence-electron chi connectivity index (χ3n) is 3.93. The third-order valence-corrected chi connectivity index (χ3v) is 3.93. The van der Waals surface area contributed by atoms with E-state index in [4.69, 9.17) is 9.47 Å². The van der Waals surface area contributed by atoms with Gasteiger partial charge >= 0.3 is 0 Å². The van der Waals surface area contributed by atoms with Crippen molar-refractivity contribution in [2.75, 3.05) is 19.8 Å². The lowest BCUT2D eigenvalue weighted by Crippen LogP contribution is -2.28. The Hall–Kier alpha value is -2.14. The van der Waals surface area contributed by atoms with E-state index in [1.807, 2.05) is 30.3 Å². The summed E-state index contributed by atoms with van der Waals surface area (Å²) in [5, 5.41) is 3.98. The molecule has 1 aromatic heterocycles. The summed E-state index contributed by atoms with van der Waals surface area (Å²) >= 11 is 0. The van der Waals surface area contributed by atoms with Gasteiger partial charge in [-0.3, -0.25) is 9.78 Å². The van der Waals surface area contributed by atoms with Gasteiger partial charge in [-0.2, -0.15) is 0 Å². The van der Waals surface area contributed by atoms with Gasteiger partial charge in [0.05, 0.1) is 19.1 Å². The molecule has 1 aliphatic heterocycles. The molecule has 2 aromatic rings. The molecule has 0 aliphatic carbocycles. The zero-order valence-corrected chi connectivity index (χ0v) is 13.2. The van der Waals surface area contributed by atoms with Gasteiger partial charge in [0.1, 0.15) is 11.3 Å². The standard InChI is InChI=1S/C18H22N2O3/c21-17(13-15-7-3-11-22-15)19-10-4-12-23-16-8-1-5-14-6-2-9-20-18(14)16/h1-2,5-6,8-9,15H,3-4,7,10-13H2,(H,19,21). The average molecular weight is 314 g/mol. The number of nitrogens with zero attached hydrogens (tertiary/aromatic N) is 1. The molecule has 0 bridgehead atoms. The molecule has 3 rings (SSSR count). The minimum Gasteiger partial charge on any atom is -0.491 e. The van der Waals surface area contributed by atoms with Crippen LogP contribution in [0.15, 0.2) is 36.5 Å². The fourth-order valence-corrected chi connectivity index (χ4v) is 2.76. The van der Waals surface area contributed by atoms with Crippen LogP contribution in [0.3, 0.4) is 0 Å². The first-order valence-electron chi connectivity index (χ1n) is 8.18. The number of pyridine rings is 1. The van der Waals surface area contributed by atoms with Crippen molar-refractivity contribution >= 4 is 16.8 Å². The number of hydrogen-bond donors (Lipinski definition) is 1. The van der Waals surface area contributed by atoms with Crippen LogP contribution in [0.5, 0.6) is 5.75 Å². The number of para-hydroxylation sites is 1. The number of hydrogen-bond acceptors (Lipinski definition) is 4. The maximum atomic E-state index is 11.8. The minimum atomic E-state index is 0.0590. The van der Waals surface area contributed by atoms with E-state index >= 15 is 0 Å². The first-order chi connectivity index (χ1) is 11.3. The van der Waals surface area contributed by atoms with Gasteiger partial charge in [0.15, 0.2) is 0 Å². The summed E-state index contributed by atoms with van der Waals surface area (Å²) in [5.74, 6) is 0.845. The summed E-state index contributed by atoms with van der Waals surface area (Å²) < 4.78 is 11.3. The van der Waals surface area contributed by atoms with Crippen LogP contribution < -0.4 is 10.1 Å². The van der Waals surface area contributed by atoms with E-state index in [2.05, 4.69) is 10.3 Å². The largest absolute Gasteiger partial charge is 0.491 e. The molecule has 0 spiro atoms. The Balaban J connectivity index is 1.38. The molecule has 5 nitrogen and oxygen atoms in total. The lowest BCUT2D eigenvalue weighted by Gasteiger charge is -2.11. The van der Waals surface area contributed by atoms with Crippen LogP contribution in [-0.4, -0.2) is 36.8 Å². The van der Waals surface area contributed by atoms with Crippen molar-refractivity contribution in [3.63, 3.8) is 0 Å². The van der Waals surface area contributed by atoms with Gasteiger partial charge in [-0.15, -0.1) is 0 Å². The van der Waals surface area contributed by atoms with Gasteiger partial charge in [-0.25, -0.2) is 0 Å². The highest BCUT2D eigenvalue weighted by Gasteiger charge is 2.18. The van der Waals surface area contributed by atoms with Gasteiger partial charge in [0, 0.05) is 24.7 Å². The molecule has 0 radical (unpaired) electrons. The number of benzene rings is 1. The van der Waals surface area contributed by atoms with Crippen molar-refractivity contribution in [3.05, 3.63) is 36.5 Å². The number of aromatic nitrogens is 1. The van der Waals surface area contributed by atoms with Crippen LogP contribution in [0.4, 0.5) is 0 Å². The quantitative estimate of drug-likeness (QED) is 0.798. The van der Waals surface area contributed by atoms with Crippen LogP contribution in [0, 0.1) is 0 Å². The van der Waals surface area contributed by atoms with Gasteiger partial charge in [-0.05, 0) is 31.4 Å². The smallest absolute Gasteiger partial charge is 0.222 e. The molecule has 1 fully saturated rings. The molecule has 1 aromatic carbocycles. The Kier molecular flexibility index (Phi) is 5.42. The zero-order valence-electron chi connectivity index (χ0n) is 13.2. The second kappa shape index (κ2) is 7.92. The monoisotopic (exact) mass is 314 g/mol. The first kappa shape index (κ1) is 15.7. The van der Waals surface area contributed by atoms with Gasteiger partial charge in [-0.1, -0.05) is 18.2 Å². The Labute approximate surface area is 136 Å². The molecule has 122 valence electrons. The van der Waals surface area contributed by atoms with Gasteiger partial charge in [0.25, 0.3) is 0 Å². The van der Waals surface area contributed by atoms with Crippen LogP contribution in [-0.2, 0) is 9.53 Å². The predicted molar refractivity (Wildman–Crippen MR) is 88.5 cm³/mol. The van der Waals surface area contributed by atoms with E-state index in [-0.39, 0.29) is 12.0 Å². The molecule has 1 aliphatic rings. The highest BCUT2D eigenvalue weighted by molar-refractivity contribution is 5.84. The second-order valence-corrected chi connectivity index (χ2v) is 5.72. The summed E-state index contributed by atoms with van der Waals surface area (Å²) in [7, 11) is 0. The molecule has 1 N–H and O–H groups in total. The normalized spacial score (nSPS) is 17.3. The van der Waals surface area contributed by atoms with Crippen LogP contribution in [0.1, 0.15) is 25.7 Å². The number of rotatable bonds is 7. The van der Waals surface area contributed by atoms with Crippen LogP contribution in [0.2, 0.25) is 0 Å². The van der Waals surface area contributed by atoms with E-state index in [1.165, 1.54) is 0 Å². The number of carbonyl (C=O) groups is 1. The number of amides is 1. The fourth-order valence-electron chi connectivity index (χ4n) is 2.76. The zero-order chi connectivity index (χ0) is 15.9. The highest BCUT2D eigenvalue weighted by Crippen LogP contribution is 2.22. The van der Waals surface area contributed by atoms with Crippen molar-refractivity contribution in [2.45, 2.75) is 31.8 Å². The lowest BCUT2D eigenvalue weighted by atomic mass is 10.2. The fraction of sp³-hybridized carbons (Fsp3) is 0.444. The topological polar surface area (TPSA) is 60.5 Å². The van der Waals surface area contributed by atoms with Crippen molar-refractivity contribution < 1.29 is 14.3 Å². The molecule has 1 atom stereocenters. The van der Waals surface area contributed by atoms with Crippen molar-refractivity contribution in [1.82, 2.24) is 10.3 Å². The van der Waals surface area contributed by atoms with Crippen molar-refractivity contribution in [2.24, 2.45) is 0 Å². The number of carbonyl (C=O) groups excluding carboxylic acids is 1. The number of ether oxygens (including phenoxy) is 2. The molecule has 0 saturated carbocycles. The maximum Gasteiger partial charge on any atom is 0.222 e. The third kappa shape index (κ3) is 4.42. The SMILES string of the molecule is O=C(CC1CCCO1)NCCCOc1cccc2cccnc12. The molecule has 1 unspecified atom stereocenters. The van der Waals surface area contributed by atoms with Crippen LogP contribution >= 0.6 is 0 Å². The Morgan fingerprint density at radius 1 is 1.35 bits per heavy atom. The molecule has 1 saturated heterocycles. The first-order valence-corrected chi connectivity index (χ1v) is 8.18. The van der Waals surface area contributed by atoms with Crippen LogP contribution in [0.25, 0.3) is 10.9 Å². The van der Waals surface area contributed by atoms with Gasteiger partial charge < -0.3 is 14.8 Å². The molecule has 5 heteroatoms. The predicted octanol–water partition coefficient (Wildman–Crippen LogP) is 2.69. The lowest BCUT2D eigenvalue weighted by molar-refractivity contribution is -0.123. The number of nitrogens with one attached hydrogen (secondary N) is 1. The van der Waals surface area contributed by atoms with E-state index in [1.54, 1.807) is 6.20 Å². The van der Waals surface area contributed by atoms with Crippen molar-refractivity contribution in [3.8, 4) is 5.75 Å². The molecule has 2 heterocycles. The average Bonchev–Trinajstić information content (AvgIpc) is 3.07. The van der Waals surface area contributed by atoms with E-state index in [0.29, 0.717) is 19.6 Å².